The number of benzene rings is 2. The van der Waals surface area contributed by atoms with Crippen LogP contribution in [0.5, 0.6) is 5.75 Å². The maximum Gasteiger partial charge on any atom is 0.309 e. The van der Waals surface area contributed by atoms with Crippen LogP contribution in [0.25, 0.3) is 0 Å². The summed E-state index contributed by atoms with van der Waals surface area (Å²) in [5, 5.41) is 13.1. The lowest BCUT2D eigenvalue weighted by molar-refractivity contribution is -0.179. The van der Waals surface area contributed by atoms with Gasteiger partial charge in [-0.2, -0.15) is 0 Å². The lowest BCUT2D eigenvalue weighted by atomic mass is 9.44. The zero-order valence-corrected chi connectivity index (χ0v) is 18.6. The monoisotopic (exact) mass is 451 g/mol. The molecule has 4 aliphatic carbocycles. The molecule has 2 N–H and O–H groups in total. The molecule has 4 fully saturated rings. The molecular weight excluding hydrogens is 421 g/mol. The summed E-state index contributed by atoms with van der Waals surface area (Å²) in [6.45, 7) is 0.427. The first-order valence-corrected chi connectivity index (χ1v) is 11.9. The maximum absolute atomic E-state index is 13.4. The van der Waals surface area contributed by atoms with E-state index >= 15 is 0 Å². The van der Waals surface area contributed by atoms with Crippen LogP contribution in [0.15, 0.2) is 54.6 Å². The van der Waals surface area contributed by atoms with Crippen molar-refractivity contribution in [3.05, 3.63) is 66.0 Å². The van der Waals surface area contributed by atoms with Crippen LogP contribution in [-0.2, 0) is 9.59 Å². The third kappa shape index (κ3) is 4.23. The summed E-state index contributed by atoms with van der Waals surface area (Å²) >= 11 is 0. The van der Waals surface area contributed by atoms with Gasteiger partial charge in [0, 0.05) is 13.0 Å². The molecule has 4 saturated carbocycles. The predicted molar refractivity (Wildman–Crippen MR) is 121 cm³/mol. The summed E-state index contributed by atoms with van der Waals surface area (Å²) in [6.07, 6.45) is 4.83. The van der Waals surface area contributed by atoms with Crippen molar-refractivity contribution in [2.45, 2.75) is 51.0 Å². The summed E-state index contributed by atoms with van der Waals surface area (Å²) in [5.74, 6) is 0.196. The molecule has 3 atom stereocenters. The molecule has 4 bridgehead atoms. The molecule has 0 aliphatic heterocycles. The largest absolute Gasteiger partial charge is 0.486 e. The number of carbonyl (C=O) groups excluding carboxylic acids is 1. The molecule has 2 aromatic carbocycles. The fourth-order valence-corrected chi connectivity index (χ4v) is 6.92. The molecule has 6 rings (SSSR count). The Bertz CT molecular complexity index is 1010. The topological polar surface area (TPSA) is 75.6 Å². The van der Waals surface area contributed by atoms with Crippen LogP contribution >= 0.6 is 0 Å². The SMILES string of the molecule is O=C(O)C12CC3CC(C1)CC(C(=O)NCCC(Oc1ccc(F)cc1)c1ccccc1)(C3)C2. The molecule has 3 unspecified atom stereocenters. The Kier molecular flexibility index (Phi) is 5.63. The van der Waals surface area contributed by atoms with Gasteiger partial charge in [0.05, 0.1) is 10.8 Å². The molecule has 5 nitrogen and oxygen atoms in total. The highest BCUT2D eigenvalue weighted by Crippen LogP contribution is 2.65. The van der Waals surface area contributed by atoms with Crippen LogP contribution < -0.4 is 10.1 Å². The zero-order valence-electron chi connectivity index (χ0n) is 18.6. The van der Waals surface area contributed by atoms with Crippen LogP contribution in [0.3, 0.4) is 0 Å². The fourth-order valence-electron chi connectivity index (χ4n) is 6.92. The Morgan fingerprint density at radius 1 is 1.00 bits per heavy atom. The van der Waals surface area contributed by atoms with Crippen LogP contribution in [0.1, 0.15) is 56.6 Å². The summed E-state index contributed by atoms with van der Waals surface area (Å²) in [4.78, 5) is 25.5. The van der Waals surface area contributed by atoms with Crippen molar-refractivity contribution in [3.8, 4) is 5.75 Å². The average Bonchev–Trinajstić information content (AvgIpc) is 2.79. The van der Waals surface area contributed by atoms with E-state index in [-0.39, 0.29) is 17.8 Å². The van der Waals surface area contributed by atoms with Crippen molar-refractivity contribution in [1.29, 1.82) is 0 Å². The maximum atomic E-state index is 13.4. The van der Waals surface area contributed by atoms with Gasteiger partial charge in [-0.05, 0) is 80.2 Å². The van der Waals surface area contributed by atoms with Gasteiger partial charge in [-0.15, -0.1) is 0 Å². The van der Waals surface area contributed by atoms with Crippen molar-refractivity contribution in [3.63, 3.8) is 0 Å². The number of rotatable bonds is 8. The third-order valence-electron chi connectivity index (χ3n) is 7.95. The Hall–Kier alpha value is -2.89. The van der Waals surface area contributed by atoms with E-state index in [1.807, 2.05) is 30.3 Å². The molecule has 0 saturated heterocycles. The summed E-state index contributed by atoms with van der Waals surface area (Å²) in [5.41, 5.74) is -0.293. The number of carboxylic acids is 1. The minimum atomic E-state index is -0.731. The number of hydrogen-bond donors (Lipinski definition) is 2. The normalized spacial score (nSPS) is 30.6. The molecule has 0 aromatic heterocycles. The highest BCUT2D eigenvalue weighted by atomic mass is 19.1. The van der Waals surface area contributed by atoms with Gasteiger partial charge in [-0.25, -0.2) is 4.39 Å². The van der Waals surface area contributed by atoms with Crippen LogP contribution in [-0.4, -0.2) is 23.5 Å². The zero-order chi connectivity index (χ0) is 23.1. The average molecular weight is 452 g/mol. The van der Waals surface area contributed by atoms with Gasteiger partial charge >= 0.3 is 5.97 Å². The summed E-state index contributed by atoms with van der Waals surface area (Å²) in [7, 11) is 0. The number of aliphatic carboxylic acids is 1. The van der Waals surface area contributed by atoms with Gasteiger partial charge in [0.15, 0.2) is 0 Å². The van der Waals surface area contributed by atoms with E-state index in [1.54, 1.807) is 12.1 Å². The summed E-state index contributed by atoms with van der Waals surface area (Å²) in [6, 6.07) is 15.7. The second-order valence-electron chi connectivity index (χ2n) is 10.3. The highest BCUT2D eigenvalue weighted by molar-refractivity contribution is 5.85. The van der Waals surface area contributed by atoms with Crippen molar-refractivity contribution in [2.24, 2.45) is 22.7 Å². The van der Waals surface area contributed by atoms with Gasteiger partial charge in [-0.1, -0.05) is 30.3 Å². The number of halogens is 1. The Labute approximate surface area is 193 Å². The van der Waals surface area contributed by atoms with Crippen LogP contribution in [0, 0.1) is 28.5 Å². The summed E-state index contributed by atoms with van der Waals surface area (Å²) < 4.78 is 19.4. The number of amides is 1. The van der Waals surface area contributed by atoms with Crippen molar-refractivity contribution in [2.75, 3.05) is 6.54 Å². The molecule has 6 heteroatoms. The van der Waals surface area contributed by atoms with Gasteiger partial charge in [-0.3, -0.25) is 9.59 Å². The Morgan fingerprint density at radius 2 is 1.64 bits per heavy atom. The van der Waals surface area contributed by atoms with Gasteiger partial charge in [0.2, 0.25) is 5.91 Å². The van der Waals surface area contributed by atoms with Crippen molar-refractivity contribution < 1.29 is 23.8 Å². The predicted octanol–water partition coefficient (Wildman–Crippen LogP) is 5.12. The molecular formula is C27H30FNO4. The second-order valence-corrected chi connectivity index (χ2v) is 10.3. The minimum Gasteiger partial charge on any atom is -0.486 e. The number of hydrogen-bond acceptors (Lipinski definition) is 3. The van der Waals surface area contributed by atoms with E-state index < -0.39 is 16.8 Å². The number of nitrogens with one attached hydrogen (secondary N) is 1. The smallest absolute Gasteiger partial charge is 0.309 e. The third-order valence-corrected chi connectivity index (χ3v) is 7.95. The van der Waals surface area contributed by atoms with E-state index in [2.05, 4.69) is 5.32 Å². The first kappa shape index (κ1) is 21.9. The quantitative estimate of drug-likeness (QED) is 0.584. The number of ether oxygens (including phenoxy) is 1. The van der Waals surface area contributed by atoms with E-state index in [1.165, 1.54) is 12.1 Å². The number of carboxylic acid groups (broad SMARTS) is 1. The van der Waals surface area contributed by atoms with E-state index in [0.29, 0.717) is 37.0 Å². The van der Waals surface area contributed by atoms with Gasteiger partial charge in [0.25, 0.3) is 0 Å². The van der Waals surface area contributed by atoms with Gasteiger partial charge < -0.3 is 15.2 Å². The molecule has 33 heavy (non-hydrogen) atoms. The van der Waals surface area contributed by atoms with Crippen molar-refractivity contribution in [1.82, 2.24) is 5.32 Å². The molecule has 2 aromatic rings. The van der Waals surface area contributed by atoms with Gasteiger partial charge in [0.1, 0.15) is 17.7 Å². The lowest BCUT2D eigenvalue weighted by Gasteiger charge is -2.59. The number of carbonyl (C=O) groups is 2. The molecule has 1 amide bonds. The Morgan fingerprint density at radius 3 is 2.27 bits per heavy atom. The minimum absolute atomic E-state index is 0.00387. The Balaban J connectivity index is 1.26. The standard InChI is InChI=1S/C27H30FNO4/c28-21-6-8-22(9-7-21)33-23(20-4-2-1-3-5-20)10-11-29-24(30)26-13-18-12-19(14-26)16-27(15-18,17-26)25(31)32/h1-9,18-19,23H,10-17H2,(H,29,30)(H,31,32). The lowest BCUT2D eigenvalue weighted by Crippen LogP contribution is -2.59. The van der Waals surface area contributed by atoms with E-state index in [4.69, 9.17) is 4.74 Å². The molecule has 0 spiro atoms. The molecule has 174 valence electrons. The molecule has 4 aliphatic rings. The first-order valence-electron chi connectivity index (χ1n) is 11.9. The van der Waals surface area contributed by atoms with Crippen molar-refractivity contribution >= 4 is 11.9 Å². The molecule has 0 heterocycles. The van der Waals surface area contributed by atoms with E-state index in [0.717, 1.165) is 37.7 Å². The van der Waals surface area contributed by atoms with Crippen LogP contribution in [0.2, 0.25) is 0 Å². The first-order chi connectivity index (χ1) is 15.9. The molecule has 0 radical (unpaired) electrons. The van der Waals surface area contributed by atoms with Crippen LogP contribution in [0.4, 0.5) is 4.39 Å². The fraction of sp³-hybridized carbons (Fsp3) is 0.481. The highest BCUT2D eigenvalue weighted by Gasteiger charge is 2.63. The second kappa shape index (κ2) is 8.47. The van der Waals surface area contributed by atoms with E-state index in [9.17, 15) is 19.1 Å².